The van der Waals surface area contributed by atoms with Crippen LogP contribution in [-0.2, 0) is 20.7 Å². The van der Waals surface area contributed by atoms with Crippen molar-refractivity contribution in [2.45, 2.75) is 63.8 Å². The van der Waals surface area contributed by atoms with Gasteiger partial charge < -0.3 is 30.3 Å². The van der Waals surface area contributed by atoms with Crippen LogP contribution in [0.5, 0.6) is 5.75 Å². The maximum absolute atomic E-state index is 14.4. The van der Waals surface area contributed by atoms with E-state index in [0.717, 1.165) is 27.5 Å². The molecule has 254 valence electrons. The molecule has 4 aromatic rings. The molecule has 0 saturated carbocycles. The molecule has 10 heteroatoms. The summed E-state index contributed by atoms with van der Waals surface area (Å²) in [4.78, 5) is 55.8. The molecule has 0 aromatic heterocycles. The lowest BCUT2D eigenvalue weighted by Gasteiger charge is -2.29. The molecular weight excluding hydrogens is 620 g/mol. The lowest BCUT2D eigenvalue weighted by molar-refractivity contribution is -0.137. The summed E-state index contributed by atoms with van der Waals surface area (Å²) in [5.74, 6) is -0.327. The van der Waals surface area contributed by atoms with Crippen LogP contribution < -0.4 is 20.7 Å². The fourth-order valence-corrected chi connectivity index (χ4v) is 6.55. The highest BCUT2D eigenvalue weighted by Gasteiger charge is 2.40. The van der Waals surface area contributed by atoms with E-state index in [1.165, 1.54) is 0 Å². The van der Waals surface area contributed by atoms with E-state index in [4.69, 9.17) is 9.47 Å². The van der Waals surface area contributed by atoms with Crippen molar-refractivity contribution >= 4 is 34.6 Å². The molecule has 2 aliphatic rings. The summed E-state index contributed by atoms with van der Waals surface area (Å²) in [6.45, 7) is 5.89. The van der Waals surface area contributed by atoms with Crippen LogP contribution in [0.3, 0.4) is 0 Å². The second-order valence-electron chi connectivity index (χ2n) is 13.6. The van der Waals surface area contributed by atoms with E-state index in [-0.39, 0.29) is 50.3 Å². The van der Waals surface area contributed by atoms with Gasteiger partial charge in [-0.15, -0.1) is 0 Å². The fraction of sp³-hybridized carbons (Fsp3) is 0.333. The third kappa shape index (κ3) is 8.20. The number of carbonyl (C=O) groups is 4. The Hall–Kier alpha value is -5.38. The second kappa shape index (κ2) is 14.4. The Labute approximate surface area is 286 Å². The average Bonchev–Trinajstić information content (AvgIpc) is 3.47. The number of ether oxygens (including phenoxy) is 2. The standard InChI is InChI=1S/C39H42N4O6/c1-39(2,3)49-38(47)41-28-22-29-24-48-30-14-9-13-26(20-30)32-16-6-7-17-33(32)36(45)40-19-18-34(37(46)43(29)23-28)42-35(44)21-27-12-8-11-25-10-4-5-15-31(25)27/h4-17,20,28-29,34H,18-19,21-24H2,1-3H3,(H,40,45)(H,41,47)(H,42,44)/t28-,29-,34+/m0/s1. The molecule has 2 aliphatic heterocycles. The molecule has 4 aromatic carbocycles. The van der Waals surface area contributed by atoms with Crippen molar-refractivity contribution in [3.8, 4) is 16.9 Å². The van der Waals surface area contributed by atoms with Crippen LogP contribution in [0.2, 0.25) is 0 Å². The Morgan fingerprint density at radius 3 is 2.47 bits per heavy atom. The number of hydrogen-bond acceptors (Lipinski definition) is 6. The first kappa shape index (κ1) is 33.5. The van der Waals surface area contributed by atoms with E-state index >= 15 is 0 Å². The number of fused-ring (bicyclic) bond motifs is 6. The molecule has 0 aliphatic carbocycles. The predicted octanol–water partition coefficient (Wildman–Crippen LogP) is 5.24. The summed E-state index contributed by atoms with van der Waals surface area (Å²) in [5.41, 5.74) is 2.23. The largest absolute Gasteiger partial charge is 0.491 e. The van der Waals surface area contributed by atoms with E-state index in [1.54, 1.807) is 31.7 Å². The average molecular weight is 663 g/mol. The van der Waals surface area contributed by atoms with Gasteiger partial charge in [0.05, 0.1) is 18.5 Å². The first-order chi connectivity index (χ1) is 23.5. The van der Waals surface area contributed by atoms with Gasteiger partial charge in [-0.25, -0.2) is 4.79 Å². The second-order valence-corrected chi connectivity index (χ2v) is 13.6. The number of alkyl carbamates (subject to hydrolysis) is 1. The van der Waals surface area contributed by atoms with Gasteiger partial charge in [-0.2, -0.15) is 0 Å². The van der Waals surface area contributed by atoms with Gasteiger partial charge in [0, 0.05) is 18.7 Å². The minimum Gasteiger partial charge on any atom is -0.491 e. The number of nitrogens with zero attached hydrogens (tertiary/aromatic N) is 1. The Morgan fingerprint density at radius 1 is 0.918 bits per heavy atom. The Kier molecular flexibility index (Phi) is 9.85. The van der Waals surface area contributed by atoms with Crippen LogP contribution in [-0.4, -0.2) is 72.1 Å². The van der Waals surface area contributed by atoms with Gasteiger partial charge in [0.15, 0.2) is 0 Å². The molecule has 0 spiro atoms. The number of benzene rings is 4. The first-order valence-corrected chi connectivity index (χ1v) is 16.7. The zero-order valence-electron chi connectivity index (χ0n) is 28.0. The third-order valence-corrected chi connectivity index (χ3v) is 8.76. The zero-order valence-corrected chi connectivity index (χ0v) is 28.0. The molecule has 6 rings (SSSR count). The van der Waals surface area contributed by atoms with Crippen LogP contribution in [0, 0.1) is 0 Å². The van der Waals surface area contributed by atoms with Crippen LogP contribution >= 0.6 is 0 Å². The summed E-state index contributed by atoms with van der Waals surface area (Å²) in [7, 11) is 0. The van der Waals surface area contributed by atoms with Crippen LogP contribution in [0.4, 0.5) is 4.79 Å². The van der Waals surface area contributed by atoms with Crippen molar-refractivity contribution in [3.05, 3.63) is 102 Å². The lowest BCUT2D eigenvalue weighted by Crippen LogP contribution is -2.53. The van der Waals surface area contributed by atoms with Crippen molar-refractivity contribution in [1.82, 2.24) is 20.9 Å². The molecular formula is C39H42N4O6. The number of hydrogen-bond donors (Lipinski definition) is 3. The summed E-state index contributed by atoms with van der Waals surface area (Å²) in [6.07, 6.45) is 0.106. The number of carbonyl (C=O) groups excluding carboxylic acids is 4. The normalized spacial score (nSPS) is 19.7. The van der Waals surface area contributed by atoms with Gasteiger partial charge in [0.1, 0.15) is 24.0 Å². The molecule has 0 unspecified atom stereocenters. The monoisotopic (exact) mass is 662 g/mol. The highest BCUT2D eigenvalue weighted by atomic mass is 16.6. The van der Waals surface area contributed by atoms with Crippen molar-refractivity contribution in [2.24, 2.45) is 0 Å². The first-order valence-electron chi connectivity index (χ1n) is 16.7. The molecule has 2 bridgehead atoms. The SMILES string of the molecule is CC(C)(C)OC(=O)N[C@H]1C[C@H]2COc3cccc(c3)-c3ccccc3C(=O)NCC[C@@H](NC(=O)Cc3cccc4ccccc34)C(=O)N2C1. The van der Waals surface area contributed by atoms with E-state index in [1.807, 2.05) is 84.9 Å². The minimum absolute atomic E-state index is 0.0792. The molecule has 10 nitrogen and oxygen atoms in total. The summed E-state index contributed by atoms with van der Waals surface area (Å²) >= 11 is 0. The quantitative estimate of drug-likeness (QED) is 0.275. The van der Waals surface area contributed by atoms with Crippen LogP contribution in [0.15, 0.2) is 91.0 Å². The number of amides is 4. The number of rotatable bonds is 4. The molecule has 1 fully saturated rings. The van der Waals surface area contributed by atoms with Crippen LogP contribution in [0.1, 0.15) is 49.5 Å². The summed E-state index contributed by atoms with van der Waals surface area (Å²) in [6, 6.07) is 26.8. The van der Waals surface area contributed by atoms with E-state index in [9.17, 15) is 19.2 Å². The Bertz CT molecular complexity index is 1860. The molecule has 4 amide bonds. The van der Waals surface area contributed by atoms with E-state index in [0.29, 0.717) is 17.7 Å². The molecule has 1 saturated heterocycles. The van der Waals surface area contributed by atoms with Crippen molar-refractivity contribution in [2.75, 3.05) is 19.7 Å². The maximum Gasteiger partial charge on any atom is 0.407 e. The van der Waals surface area contributed by atoms with Gasteiger partial charge in [0.2, 0.25) is 11.8 Å². The Balaban J connectivity index is 1.28. The van der Waals surface area contributed by atoms with Gasteiger partial charge in [-0.05, 0) is 79.3 Å². The lowest BCUT2D eigenvalue weighted by atomic mass is 9.99. The van der Waals surface area contributed by atoms with Crippen molar-refractivity contribution in [1.29, 1.82) is 0 Å². The Morgan fingerprint density at radius 2 is 1.65 bits per heavy atom. The highest BCUT2D eigenvalue weighted by molar-refractivity contribution is 6.01. The van der Waals surface area contributed by atoms with Gasteiger partial charge >= 0.3 is 6.09 Å². The highest BCUT2D eigenvalue weighted by Crippen LogP contribution is 2.29. The van der Waals surface area contributed by atoms with E-state index in [2.05, 4.69) is 16.0 Å². The van der Waals surface area contributed by atoms with Crippen molar-refractivity contribution < 1.29 is 28.7 Å². The molecule has 0 radical (unpaired) electrons. The summed E-state index contributed by atoms with van der Waals surface area (Å²) < 4.78 is 11.8. The maximum atomic E-state index is 14.4. The molecule has 3 atom stereocenters. The van der Waals surface area contributed by atoms with Gasteiger partial charge in [-0.3, -0.25) is 14.4 Å². The minimum atomic E-state index is -0.938. The van der Waals surface area contributed by atoms with Gasteiger partial charge in [-0.1, -0.05) is 72.8 Å². The van der Waals surface area contributed by atoms with Gasteiger partial charge in [0.25, 0.3) is 5.91 Å². The third-order valence-electron chi connectivity index (χ3n) is 8.76. The number of nitrogens with one attached hydrogen (secondary N) is 3. The van der Waals surface area contributed by atoms with Crippen LogP contribution in [0.25, 0.3) is 21.9 Å². The van der Waals surface area contributed by atoms with E-state index < -0.39 is 29.8 Å². The smallest absolute Gasteiger partial charge is 0.407 e. The molecule has 2 heterocycles. The van der Waals surface area contributed by atoms with Crippen molar-refractivity contribution in [3.63, 3.8) is 0 Å². The zero-order chi connectivity index (χ0) is 34.5. The fourth-order valence-electron chi connectivity index (χ4n) is 6.55. The topological polar surface area (TPSA) is 126 Å². The molecule has 49 heavy (non-hydrogen) atoms. The molecule has 3 N–H and O–H groups in total. The predicted molar refractivity (Wildman–Crippen MR) is 187 cm³/mol. The summed E-state index contributed by atoms with van der Waals surface area (Å²) in [5, 5.41) is 10.8.